The summed E-state index contributed by atoms with van der Waals surface area (Å²) in [6.45, 7) is 18.8. The summed E-state index contributed by atoms with van der Waals surface area (Å²) in [4.78, 5) is 0. The SMILES string of the molecule is C=CC[N+](CC=C)(CC=C)CC=C.[H-].[Li+]. The topological polar surface area (TPSA) is 0 Å². The van der Waals surface area contributed by atoms with Crippen LogP contribution in [0, 0.1) is 0 Å². The molecule has 0 atom stereocenters. The van der Waals surface area contributed by atoms with E-state index in [1.54, 1.807) is 0 Å². The van der Waals surface area contributed by atoms with Crippen LogP contribution < -0.4 is 18.9 Å². The summed E-state index contributed by atoms with van der Waals surface area (Å²) >= 11 is 0. The Bertz CT molecular complexity index is 156. The third kappa shape index (κ3) is 5.29. The van der Waals surface area contributed by atoms with E-state index in [2.05, 4.69) is 26.3 Å². The van der Waals surface area contributed by atoms with Crippen molar-refractivity contribution in [2.45, 2.75) is 0 Å². The zero-order valence-electron chi connectivity index (χ0n) is 10.4. The first-order chi connectivity index (χ1) is 6.24. The second kappa shape index (κ2) is 9.09. The van der Waals surface area contributed by atoms with Crippen LogP contribution in [0.25, 0.3) is 0 Å². The van der Waals surface area contributed by atoms with Gasteiger partial charge in [-0.25, -0.2) is 0 Å². The molecule has 0 unspecified atom stereocenters. The molecule has 0 aliphatic rings. The average Bonchev–Trinajstić information content (AvgIpc) is 2.06. The van der Waals surface area contributed by atoms with E-state index in [-0.39, 0.29) is 20.3 Å². The molecule has 14 heavy (non-hydrogen) atoms. The summed E-state index contributed by atoms with van der Waals surface area (Å²) < 4.78 is 0.903. The summed E-state index contributed by atoms with van der Waals surface area (Å²) in [5.41, 5.74) is 0. The second-order valence-corrected chi connectivity index (χ2v) is 3.23. The van der Waals surface area contributed by atoms with Gasteiger partial charge in [0.2, 0.25) is 0 Å². The first-order valence-electron chi connectivity index (χ1n) is 4.53. The molecule has 74 valence electrons. The standard InChI is InChI=1S/C12H20N.Li.H/c1-5-9-13(10-6-2,11-7-3)12-8-4;;/h5-8H,1-4,9-12H2;;/q2*+1;-1. The van der Waals surface area contributed by atoms with Crippen molar-refractivity contribution in [3.63, 3.8) is 0 Å². The van der Waals surface area contributed by atoms with E-state index >= 15 is 0 Å². The normalized spacial score (nSPS) is 9.71. The summed E-state index contributed by atoms with van der Waals surface area (Å²) in [5.74, 6) is 0. The van der Waals surface area contributed by atoms with Crippen molar-refractivity contribution in [3.8, 4) is 0 Å². The van der Waals surface area contributed by atoms with Crippen LogP contribution >= 0.6 is 0 Å². The molecule has 0 saturated carbocycles. The Kier molecular flexibility index (Phi) is 10.4. The van der Waals surface area contributed by atoms with E-state index in [9.17, 15) is 0 Å². The predicted octanol–water partition coefficient (Wildman–Crippen LogP) is -0.336. The molecule has 0 aromatic heterocycles. The van der Waals surface area contributed by atoms with Crippen molar-refractivity contribution < 1.29 is 24.8 Å². The molecule has 0 N–H and O–H groups in total. The minimum atomic E-state index is 0. The van der Waals surface area contributed by atoms with Crippen molar-refractivity contribution in [2.24, 2.45) is 0 Å². The fourth-order valence-corrected chi connectivity index (χ4v) is 1.54. The monoisotopic (exact) mass is 186 g/mol. The molecule has 1 nitrogen and oxygen atoms in total. The largest absolute Gasteiger partial charge is 1.00 e. The molecule has 0 rings (SSSR count). The van der Waals surface area contributed by atoms with E-state index in [0.717, 1.165) is 30.7 Å². The van der Waals surface area contributed by atoms with Crippen LogP contribution in [0.4, 0.5) is 0 Å². The van der Waals surface area contributed by atoms with Crippen LogP contribution in [0.15, 0.2) is 50.6 Å². The first-order valence-corrected chi connectivity index (χ1v) is 4.53. The zero-order chi connectivity index (χ0) is 10.2. The van der Waals surface area contributed by atoms with Gasteiger partial charge in [-0.2, -0.15) is 0 Å². The van der Waals surface area contributed by atoms with Gasteiger partial charge in [0.05, 0.1) is 26.2 Å². The average molecular weight is 186 g/mol. The number of nitrogens with zero attached hydrogens (tertiary/aromatic N) is 1. The smallest absolute Gasteiger partial charge is 1.00 e. The van der Waals surface area contributed by atoms with Gasteiger partial charge >= 0.3 is 18.9 Å². The fourth-order valence-electron chi connectivity index (χ4n) is 1.54. The van der Waals surface area contributed by atoms with Gasteiger partial charge < -0.3 is 5.91 Å². The van der Waals surface area contributed by atoms with E-state index < -0.39 is 0 Å². The number of hydrogen-bond donors (Lipinski definition) is 0. The quantitative estimate of drug-likeness (QED) is 0.276. The van der Waals surface area contributed by atoms with Crippen molar-refractivity contribution in [3.05, 3.63) is 50.6 Å². The Labute approximate surface area is 102 Å². The van der Waals surface area contributed by atoms with Gasteiger partial charge in [-0.3, -0.25) is 0 Å². The predicted molar refractivity (Wildman–Crippen MR) is 61.6 cm³/mol. The van der Waals surface area contributed by atoms with Crippen LogP contribution in [0.1, 0.15) is 1.43 Å². The molecule has 0 spiro atoms. The third-order valence-corrected chi connectivity index (χ3v) is 2.07. The number of quaternary nitrogens is 1. The molecule has 0 amide bonds. The first kappa shape index (κ1) is 16.0. The summed E-state index contributed by atoms with van der Waals surface area (Å²) in [6, 6.07) is 0. The van der Waals surface area contributed by atoms with Gasteiger partial charge in [0.25, 0.3) is 0 Å². The van der Waals surface area contributed by atoms with Crippen LogP contribution in [0.5, 0.6) is 0 Å². The summed E-state index contributed by atoms with van der Waals surface area (Å²) in [6.07, 6.45) is 7.76. The van der Waals surface area contributed by atoms with Crippen molar-refractivity contribution in [1.29, 1.82) is 0 Å². The molecular weight excluding hydrogens is 165 g/mol. The number of hydrogen-bond acceptors (Lipinski definition) is 0. The second-order valence-electron chi connectivity index (χ2n) is 3.23. The summed E-state index contributed by atoms with van der Waals surface area (Å²) in [7, 11) is 0. The van der Waals surface area contributed by atoms with Gasteiger partial charge in [0, 0.05) is 0 Å². The molecule has 0 aliphatic carbocycles. The Morgan fingerprint density at radius 3 is 1.07 bits per heavy atom. The van der Waals surface area contributed by atoms with E-state index in [1.165, 1.54) is 0 Å². The van der Waals surface area contributed by atoms with Crippen molar-refractivity contribution in [1.82, 2.24) is 0 Å². The van der Waals surface area contributed by atoms with Gasteiger partial charge in [-0.1, -0.05) is 26.3 Å². The molecule has 0 saturated heterocycles. The molecule has 2 heteroatoms. The van der Waals surface area contributed by atoms with Crippen molar-refractivity contribution >= 4 is 0 Å². The Morgan fingerprint density at radius 2 is 0.929 bits per heavy atom. The molecule has 0 aliphatic heterocycles. The number of rotatable bonds is 8. The summed E-state index contributed by atoms with van der Waals surface area (Å²) in [5, 5.41) is 0. The molecule has 0 aromatic carbocycles. The zero-order valence-corrected chi connectivity index (χ0v) is 9.41. The molecular formula is C12H21LiN+. The van der Waals surface area contributed by atoms with Gasteiger partial charge in [0.15, 0.2) is 0 Å². The van der Waals surface area contributed by atoms with Gasteiger partial charge in [-0.15, -0.1) is 0 Å². The fraction of sp³-hybridized carbons (Fsp3) is 0.333. The minimum absolute atomic E-state index is 0. The molecule has 0 bridgehead atoms. The molecule has 0 heterocycles. The Hall–Kier alpha value is -0.483. The molecule has 0 fully saturated rings. The maximum atomic E-state index is 3.77. The van der Waals surface area contributed by atoms with E-state index in [0.29, 0.717) is 0 Å². The van der Waals surface area contributed by atoms with Gasteiger partial charge in [0.1, 0.15) is 0 Å². The van der Waals surface area contributed by atoms with E-state index in [4.69, 9.17) is 0 Å². The maximum Gasteiger partial charge on any atom is 1.00 e. The van der Waals surface area contributed by atoms with Crippen LogP contribution in [0.3, 0.4) is 0 Å². The Balaban J connectivity index is -0.000000720. The van der Waals surface area contributed by atoms with Crippen LogP contribution in [-0.4, -0.2) is 30.7 Å². The van der Waals surface area contributed by atoms with Gasteiger partial charge in [-0.05, 0) is 24.3 Å². The third-order valence-electron chi connectivity index (χ3n) is 2.07. The minimum Gasteiger partial charge on any atom is -1.00 e. The Morgan fingerprint density at radius 1 is 0.714 bits per heavy atom. The van der Waals surface area contributed by atoms with Crippen LogP contribution in [0.2, 0.25) is 0 Å². The van der Waals surface area contributed by atoms with Crippen LogP contribution in [-0.2, 0) is 0 Å². The molecule has 0 aromatic rings. The van der Waals surface area contributed by atoms with Crippen molar-refractivity contribution in [2.75, 3.05) is 26.2 Å². The molecule has 0 radical (unpaired) electrons. The maximum absolute atomic E-state index is 3.77. The van der Waals surface area contributed by atoms with E-state index in [1.807, 2.05) is 24.3 Å².